The number of aliphatic hydroxyl groups is 1. The van der Waals surface area contributed by atoms with E-state index in [1.54, 1.807) is 7.05 Å². The predicted octanol–water partition coefficient (Wildman–Crippen LogP) is -0.463. The summed E-state index contributed by atoms with van der Waals surface area (Å²) in [4.78, 5) is 28.1. The molecule has 3 unspecified atom stereocenters. The summed E-state index contributed by atoms with van der Waals surface area (Å²) in [7, 11) is 1.55. The summed E-state index contributed by atoms with van der Waals surface area (Å²) in [5, 5.41) is 15.4. The van der Waals surface area contributed by atoms with Crippen molar-refractivity contribution in [2.75, 3.05) is 19.0 Å². The molecule has 0 spiro atoms. The van der Waals surface area contributed by atoms with Crippen LogP contribution in [0.3, 0.4) is 0 Å². The van der Waals surface area contributed by atoms with E-state index in [-0.39, 0.29) is 18.7 Å². The van der Waals surface area contributed by atoms with Gasteiger partial charge in [-0.2, -0.15) is 0 Å². The van der Waals surface area contributed by atoms with E-state index >= 15 is 0 Å². The molecule has 3 N–H and O–H groups in total. The molecule has 1 aliphatic heterocycles. The first-order chi connectivity index (χ1) is 9.60. The molecular formula is C10H14N6O4. The van der Waals surface area contributed by atoms with Gasteiger partial charge in [0.25, 0.3) is 5.56 Å². The van der Waals surface area contributed by atoms with E-state index in [2.05, 4.69) is 20.3 Å². The fourth-order valence-corrected chi connectivity index (χ4v) is 2.12. The third kappa shape index (κ3) is 2.52. The monoisotopic (exact) mass is 282 g/mol. The number of aromatic amines is 1. The zero-order valence-corrected chi connectivity index (χ0v) is 10.7. The van der Waals surface area contributed by atoms with E-state index in [1.807, 2.05) is 0 Å². The van der Waals surface area contributed by atoms with Crippen molar-refractivity contribution in [2.45, 2.75) is 24.8 Å². The van der Waals surface area contributed by atoms with Gasteiger partial charge in [-0.05, 0) is 5.53 Å². The van der Waals surface area contributed by atoms with Crippen LogP contribution < -0.4 is 16.6 Å². The molecule has 10 heteroatoms. The van der Waals surface area contributed by atoms with Crippen LogP contribution in [0.1, 0.15) is 12.6 Å². The summed E-state index contributed by atoms with van der Waals surface area (Å²) >= 11 is 0. The van der Waals surface area contributed by atoms with E-state index in [1.165, 1.54) is 10.8 Å². The molecule has 1 aromatic heterocycles. The number of rotatable bonds is 4. The molecule has 2 rings (SSSR count). The van der Waals surface area contributed by atoms with E-state index < -0.39 is 29.6 Å². The second kappa shape index (κ2) is 5.78. The Morgan fingerprint density at radius 2 is 2.45 bits per heavy atom. The molecule has 10 nitrogen and oxygen atoms in total. The van der Waals surface area contributed by atoms with E-state index in [0.717, 1.165) is 0 Å². The van der Waals surface area contributed by atoms with Gasteiger partial charge >= 0.3 is 5.69 Å². The summed E-state index contributed by atoms with van der Waals surface area (Å²) in [5.41, 5.74) is 7.52. The van der Waals surface area contributed by atoms with Crippen LogP contribution in [0.5, 0.6) is 0 Å². The van der Waals surface area contributed by atoms with Crippen LogP contribution in [-0.4, -0.2) is 40.5 Å². The summed E-state index contributed by atoms with van der Waals surface area (Å²) in [6, 6.07) is -0.563. The summed E-state index contributed by atoms with van der Waals surface area (Å²) < 4.78 is 6.68. The SMILES string of the molecule is CNc1cn(C2CC(N=[N+]=[N-])C(CO)O2)c(=O)[nH]c1=O. The fourth-order valence-electron chi connectivity index (χ4n) is 2.12. The first-order valence-electron chi connectivity index (χ1n) is 5.94. The maximum absolute atomic E-state index is 11.8. The number of nitrogens with one attached hydrogen (secondary N) is 2. The van der Waals surface area contributed by atoms with Crippen molar-refractivity contribution in [3.63, 3.8) is 0 Å². The van der Waals surface area contributed by atoms with Gasteiger partial charge < -0.3 is 15.2 Å². The lowest BCUT2D eigenvalue weighted by Crippen LogP contribution is -2.33. The Kier molecular flexibility index (Phi) is 4.08. The van der Waals surface area contributed by atoms with Crippen molar-refractivity contribution < 1.29 is 9.84 Å². The van der Waals surface area contributed by atoms with Gasteiger partial charge in [-0.1, -0.05) is 5.11 Å². The molecular weight excluding hydrogens is 268 g/mol. The van der Waals surface area contributed by atoms with Crippen LogP contribution >= 0.6 is 0 Å². The maximum atomic E-state index is 11.8. The van der Waals surface area contributed by atoms with Gasteiger partial charge in [0.15, 0.2) is 0 Å². The number of hydrogen-bond donors (Lipinski definition) is 3. The molecule has 2 heterocycles. The molecule has 0 radical (unpaired) electrons. The highest BCUT2D eigenvalue weighted by Gasteiger charge is 2.35. The zero-order valence-electron chi connectivity index (χ0n) is 10.7. The summed E-state index contributed by atoms with van der Waals surface area (Å²) in [5.74, 6) is 0. The number of aromatic nitrogens is 2. The lowest BCUT2D eigenvalue weighted by atomic mass is 10.1. The number of anilines is 1. The largest absolute Gasteiger partial charge is 0.394 e. The molecule has 0 bridgehead atoms. The van der Waals surface area contributed by atoms with Crippen molar-refractivity contribution >= 4 is 5.69 Å². The van der Waals surface area contributed by atoms with Crippen molar-refractivity contribution in [1.29, 1.82) is 0 Å². The van der Waals surface area contributed by atoms with Gasteiger partial charge in [0.1, 0.15) is 11.9 Å². The van der Waals surface area contributed by atoms with Gasteiger partial charge in [0.05, 0.1) is 18.8 Å². The number of hydrogen-bond acceptors (Lipinski definition) is 6. The van der Waals surface area contributed by atoms with E-state index in [4.69, 9.17) is 10.3 Å². The van der Waals surface area contributed by atoms with E-state index in [0.29, 0.717) is 0 Å². The van der Waals surface area contributed by atoms with Gasteiger partial charge in [-0.25, -0.2) is 4.79 Å². The molecule has 1 aromatic rings. The summed E-state index contributed by atoms with van der Waals surface area (Å²) in [6.45, 7) is -0.322. The number of H-pyrrole nitrogens is 1. The second-order valence-electron chi connectivity index (χ2n) is 4.28. The van der Waals surface area contributed by atoms with Crippen molar-refractivity contribution in [1.82, 2.24) is 9.55 Å². The molecule has 0 aromatic carbocycles. The highest BCUT2D eigenvalue weighted by Crippen LogP contribution is 2.29. The van der Waals surface area contributed by atoms with Crippen LogP contribution in [0.15, 0.2) is 20.9 Å². The number of azide groups is 1. The molecule has 1 saturated heterocycles. The maximum Gasteiger partial charge on any atom is 0.330 e. The minimum absolute atomic E-state index is 0.209. The Morgan fingerprint density at radius 3 is 3.05 bits per heavy atom. The average molecular weight is 282 g/mol. The molecule has 1 aliphatic rings. The van der Waals surface area contributed by atoms with Crippen LogP contribution in [0.4, 0.5) is 5.69 Å². The number of ether oxygens (including phenoxy) is 1. The van der Waals surface area contributed by atoms with Crippen LogP contribution in [0.25, 0.3) is 10.4 Å². The topological polar surface area (TPSA) is 145 Å². The van der Waals surface area contributed by atoms with Gasteiger partial charge in [-0.3, -0.25) is 14.3 Å². The molecule has 0 aliphatic carbocycles. The normalized spacial score (nSPS) is 25.2. The molecule has 20 heavy (non-hydrogen) atoms. The predicted molar refractivity (Wildman–Crippen MR) is 69.4 cm³/mol. The second-order valence-corrected chi connectivity index (χ2v) is 4.28. The zero-order chi connectivity index (χ0) is 14.7. The smallest absolute Gasteiger partial charge is 0.330 e. The first kappa shape index (κ1) is 14.1. The quantitative estimate of drug-likeness (QED) is 0.388. The molecule has 0 amide bonds. The number of aliphatic hydroxyl groups excluding tert-OH is 1. The fraction of sp³-hybridized carbons (Fsp3) is 0.600. The Morgan fingerprint density at radius 1 is 1.70 bits per heavy atom. The van der Waals surface area contributed by atoms with Crippen molar-refractivity contribution in [3.8, 4) is 0 Å². The van der Waals surface area contributed by atoms with Gasteiger partial charge in [0, 0.05) is 24.6 Å². The third-order valence-electron chi connectivity index (χ3n) is 3.13. The minimum atomic E-state index is -0.709. The molecule has 1 fully saturated rings. The highest BCUT2D eigenvalue weighted by molar-refractivity contribution is 5.36. The molecule has 108 valence electrons. The van der Waals surface area contributed by atoms with Crippen LogP contribution in [-0.2, 0) is 4.74 Å². The Labute approximate surface area is 112 Å². The Bertz CT molecular complexity index is 646. The standard InChI is InChI=1S/C10H14N6O4/c1-12-6-3-16(10(19)13-9(6)18)8-2-5(14-15-11)7(4-17)20-8/h3,5,7-8,12,17H,2,4H2,1H3,(H,13,18,19). The van der Waals surface area contributed by atoms with Gasteiger partial charge in [0.2, 0.25) is 0 Å². The van der Waals surface area contributed by atoms with E-state index in [9.17, 15) is 14.7 Å². The average Bonchev–Trinajstić information content (AvgIpc) is 2.82. The van der Waals surface area contributed by atoms with Crippen LogP contribution in [0, 0.1) is 0 Å². The minimum Gasteiger partial charge on any atom is -0.394 e. The lowest BCUT2D eigenvalue weighted by molar-refractivity contribution is -0.0269. The summed E-state index contributed by atoms with van der Waals surface area (Å²) in [6.07, 6.45) is 0.190. The third-order valence-corrected chi connectivity index (χ3v) is 3.13. The van der Waals surface area contributed by atoms with Crippen molar-refractivity contribution in [2.24, 2.45) is 5.11 Å². The molecule has 3 atom stereocenters. The van der Waals surface area contributed by atoms with Crippen molar-refractivity contribution in [3.05, 3.63) is 37.5 Å². The van der Waals surface area contributed by atoms with Crippen LogP contribution in [0.2, 0.25) is 0 Å². The van der Waals surface area contributed by atoms with Gasteiger partial charge in [-0.15, -0.1) is 0 Å². The Hall–Kier alpha value is -2.29. The molecule has 0 saturated carbocycles. The number of nitrogens with zero attached hydrogens (tertiary/aromatic N) is 4. The highest BCUT2D eigenvalue weighted by atomic mass is 16.5. The first-order valence-corrected chi connectivity index (χ1v) is 5.94. The lowest BCUT2D eigenvalue weighted by Gasteiger charge is -2.15. The Balaban J connectivity index is 2.36.